The van der Waals surface area contributed by atoms with E-state index in [1.807, 2.05) is 17.6 Å². The lowest BCUT2D eigenvalue weighted by Gasteiger charge is -2.58. The van der Waals surface area contributed by atoms with Gasteiger partial charge in [-0.25, -0.2) is 14.8 Å². The lowest BCUT2D eigenvalue weighted by Crippen LogP contribution is -2.56. The number of methoxy groups -OCH3 is 1. The number of aromatic nitrogens is 5. The Morgan fingerprint density at radius 1 is 1.19 bits per heavy atom. The van der Waals surface area contributed by atoms with Crippen LogP contribution in [-0.4, -0.2) is 41.9 Å². The number of pyridine rings is 1. The lowest BCUT2D eigenvalue weighted by atomic mass is 9.52. The quantitative estimate of drug-likeness (QED) is 0.647. The lowest BCUT2D eigenvalue weighted by molar-refractivity contribution is -0.146. The van der Waals surface area contributed by atoms with Crippen molar-refractivity contribution in [2.24, 2.45) is 24.8 Å². The number of aryl methyl sites for hydroxylation is 2. The van der Waals surface area contributed by atoms with E-state index in [0.29, 0.717) is 35.2 Å². The summed E-state index contributed by atoms with van der Waals surface area (Å²) in [7, 11) is 3.36. The molecular formula is C23H28N6O3. The van der Waals surface area contributed by atoms with Crippen LogP contribution in [0.4, 0.5) is 11.6 Å². The van der Waals surface area contributed by atoms with Gasteiger partial charge in [-0.15, -0.1) is 0 Å². The summed E-state index contributed by atoms with van der Waals surface area (Å²) in [5.41, 5.74) is 2.52. The first-order valence-corrected chi connectivity index (χ1v) is 11.3. The third-order valence-electron chi connectivity index (χ3n) is 7.86. The van der Waals surface area contributed by atoms with Gasteiger partial charge in [0.2, 0.25) is 11.8 Å². The van der Waals surface area contributed by atoms with Gasteiger partial charge in [0.1, 0.15) is 5.52 Å². The van der Waals surface area contributed by atoms with E-state index < -0.39 is 5.60 Å². The van der Waals surface area contributed by atoms with E-state index in [0.717, 1.165) is 48.9 Å². The maximum atomic E-state index is 13.3. The van der Waals surface area contributed by atoms with Crippen molar-refractivity contribution in [2.75, 3.05) is 12.4 Å². The monoisotopic (exact) mass is 436 g/mol. The van der Waals surface area contributed by atoms with Crippen molar-refractivity contribution in [3.63, 3.8) is 0 Å². The number of aliphatic hydroxyl groups is 1. The Morgan fingerprint density at radius 3 is 2.59 bits per heavy atom. The van der Waals surface area contributed by atoms with Crippen LogP contribution < -0.4 is 15.7 Å². The van der Waals surface area contributed by atoms with Crippen LogP contribution in [0, 0.1) is 24.7 Å². The molecule has 4 bridgehead atoms. The number of rotatable bonds is 4. The summed E-state index contributed by atoms with van der Waals surface area (Å²) >= 11 is 0. The van der Waals surface area contributed by atoms with Gasteiger partial charge in [-0.05, 0) is 62.3 Å². The first-order valence-electron chi connectivity index (χ1n) is 11.3. The standard InChI is InChI=1S/C23H28N6O3/c1-12-4-18(32-3)24-10-16(12)26-21-25-11-17-20(27-21)29(22(30)28(17)2)19-14-5-13-6-15(19)9-23(31,7-13)8-14/h4,10-11,13-15,19,31H,5-9H2,1-3H3,(H,25,26,27). The normalized spacial score (nSPS) is 30.8. The highest BCUT2D eigenvalue weighted by molar-refractivity contribution is 5.73. The first kappa shape index (κ1) is 19.7. The van der Waals surface area contributed by atoms with Gasteiger partial charge >= 0.3 is 5.69 Å². The number of nitrogens with one attached hydrogen (secondary N) is 1. The number of ether oxygens (including phenoxy) is 1. The maximum Gasteiger partial charge on any atom is 0.330 e. The van der Waals surface area contributed by atoms with Gasteiger partial charge < -0.3 is 15.2 Å². The molecule has 9 heteroatoms. The number of imidazole rings is 1. The Balaban J connectivity index is 1.42. The smallest absolute Gasteiger partial charge is 0.330 e. The highest BCUT2D eigenvalue weighted by Gasteiger charge is 2.56. The first-order chi connectivity index (χ1) is 15.3. The van der Waals surface area contributed by atoms with E-state index in [1.165, 1.54) is 0 Å². The fourth-order valence-electron chi connectivity index (χ4n) is 6.73. The molecule has 32 heavy (non-hydrogen) atoms. The highest BCUT2D eigenvalue weighted by atomic mass is 16.5. The zero-order valence-electron chi connectivity index (χ0n) is 18.6. The summed E-state index contributed by atoms with van der Waals surface area (Å²) in [6.45, 7) is 1.96. The number of fused-ring (bicyclic) bond motifs is 1. The zero-order valence-corrected chi connectivity index (χ0v) is 18.6. The molecule has 4 aliphatic rings. The number of anilines is 2. The molecule has 0 radical (unpaired) electrons. The highest BCUT2D eigenvalue weighted by Crippen LogP contribution is 2.59. The van der Waals surface area contributed by atoms with Crippen LogP contribution in [0.3, 0.4) is 0 Å². The summed E-state index contributed by atoms with van der Waals surface area (Å²) in [6.07, 6.45) is 8.04. The average Bonchev–Trinajstić information content (AvgIpc) is 2.98. The van der Waals surface area contributed by atoms with Crippen LogP contribution in [0.2, 0.25) is 0 Å². The van der Waals surface area contributed by atoms with Gasteiger partial charge in [0.25, 0.3) is 0 Å². The molecule has 0 amide bonds. The van der Waals surface area contributed by atoms with Crippen molar-refractivity contribution >= 4 is 22.8 Å². The molecule has 9 nitrogen and oxygen atoms in total. The Labute approximate surface area is 185 Å². The van der Waals surface area contributed by atoms with Crippen LogP contribution >= 0.6 is 0 Å². The predicted molar refractivity (Wildman–Crippen MR) is 119 cm³/mol. The van der Waals surface area contributed by atoms with Crippen LogP contribution in [-0.2, 0) is 7.05 Å². The molecule has 4 fully saturated rings. The van der Waals surface area contributed by atoms with E-state index >= 15 is 0 Å². The molecule has 3 heterocycles. The molecule has 0 aromatic carbocycles. The second-order valence-electron chi connectivity index (χ2n) is 9.97. The minimum atomic E-state index is -0.540. The van der Waals surface area contributed by atoms with Crippen molar-refractivity contribution in [1.82, 2.24) is 24.1 Å². The Hall–Kier alpha value is -2.94. The summed E-state index contributed by atoms with van der Waals surface area (Å²) in [5, 5.41) is 14.2. The molecule has 4 saturated carbocycles. The third-order valence-corrected chi connectivity index (χ3v) is 7.86. The van der Waals surface area contributed by atoms with Gasteiger partial charge in [0.05, 0.1) is 30.8 Å². The van der Waals surface area contributed by atoms with Gasteiger partial charge in [-0.2, -0.15) is 4.98 Å². The van der Waals surface area contributed by atoms with Crippen LogP contribution in [0.5, 0.6) is 5.88 Å². The fraction of sp³-hybridized carbons (Fsp3) is 0.565. The minimum Gasteiger partial charge on any atom is -0.481 e. The Kier molecular flexibility index (Phi) is 4.18. The molecule has 0 aliphatic heterocycles. The SMILES string of the molecule is COc1cc(C)c(Nc2ncc3c(n2)n(C2C4CC5CC2CC(O)(C5)C4)c(=O)n3C)cn1. The van der Waals surface area contributed by atoms with E-state index in [4.69, 9.17) is 9.72 Å². The molecule has 2 N–H and O–H groups in total. The molecule has 7 rings (SSSR count). The van der Waals surface area contributed by atoms with Crippen molar-refractivity contribution in [1.29, 1.82) is 0 Å². The summed E-state index contributed by atoms with van der Waals surface area (Å²) in [6, 6.07) is 1.92. The number of nitrogens with zero attached hydrogens (tertiary/aromatic N) is 5. The summed E-state index contributed by atoms with van der Waals surface area (Å²) in [4.78, 5) is 26.8. The van der Waals surface area contributed by atoms with E-state index in [9.17, 15) is 9.90 Å². The van der Waals surface area contributed by atoms with Crippen molar-refractivity contribution in [3.8, 4) is 5.88 Å². The van der Waals surface area contributed by atoms with Gasteiger partial charge in [-0.3, -0.25) is 9.13 Å². The molecule has 2 atom stereocenters. The molecule has 0 saturated heterocycles. The second kappa shape index (κ2) is 6.78. The molecule has 168 valence electrons. The van der Waals surface area contributed by atoms with Crippen molar-refractivity contribution < 1.29 is 9.84 Å². The maximum absolute atomic E-state index is 13.3. The van der Waals surface area contributed by atoms with Crippen LogP contribution in [0.15, 0.2) is 23.3 Å². The molecule has 2 unspecified atom stereocenters. The zero-order chi connectivity index (χ0) is 22.2. The van der Waals surface area contributed by atoms with E-state index in [1.54, 1.807) is 31.1 Å². The topological polar surface area (TPSA) is 107 Å². The molecule has 3 aromatic heterocycles. The van der Waals surface area contributed by atoms with Crippen molar-refractivity contribution in [2.45, 2.75) is 50.7 Å². The predicted octanol–water partition coefficient (Wildman–Crippen LogP) is 2.70. The average molecular weight is 437 g/mol. The number of hydrogen-bond donors (Lipinski definition) is 2. The number of hydrogen-bond acceptors (Lipinski definition) is 7. The van der Waals surface area contributed by atoms with Gasteiger partial charge in [0, 0.05) is 19.2 Å². The molecule has 0 spiro atoms. The minimum absolute atomic E-state index is 0.0572. The van der Waals surface area contributed by atoms with Crippen LogP contribution in [0.1, 0.15) is 43.7 Å². The van der Waals surface area contributed by atoms with Crippen molar-refractivity contribution in [3.05, 3.63) is 34.5 Å². The van der Waals surface area contributed by atoms with E-state index in [-0.39, 0.29) is 11.7 Å². The van der Waals surface area contributed by atoms with Gasteiger partial charge in [0.15, 0.2) is 5.65 Å². The second-order valence-corrected chi connectivity index (χ2v) is 9.97. The van der Waals surface area contributed by atoms with Crippen LogP contribution in [0.25, 0.3) is 11.2 Å². The molecular weight excluding hydrogens is 408 g/mol. The van der Waals surface area contributed by atoms with Gasteiger partial charge in [-0.1, -0.05) is 0 Å². The summed E-state index contributed by atoms with van der Waals surface area (Å²) in [5.74, 6) is 2.18. The largest absolute Gasteiger partial charge is 0.481 e. The Bertz CT molecular complexity index is 1260. The molecule has 4 aliphatic carbocycles. The third kappa shape index (κ3) is 2.87. The summed E-state index contributed by atoms with van der Waals surface area (Å²) < 4.78 is 8.71. The Morgan fingerprint density at radius 2 is 1.94 bits per heavy atom. The van der Waals surface area contributed by atoms with E-state index in [2.05, 4.69) is 15.3 Å². The fourth-order valence-corrected chi connectivity index (χ4v) is 6.73. The molecule has 3 aromatic rings.